The molecule has 2 heterocycles. The molecule has 0 aliphatic carbocycles. The van der Waals surface area contributed by atoms with E-state index < -0.39 is 23.6 Å². The van der Waals surface area contributed by atoms with E-state index in [9.17, 15) is 28.5 Å². The summed E-state index contributed by atoms with van der Waals surface area (Å²) in [6.07, 6.45) is 3.10. The highest BCUT2D eigenvalue weighted by molar-refractivity contribution is 5.85. The minimum absolute atomic E-state index is 0.0179. The average molecular weight is 535 g/mol. The zero-order valence-electron chi connectivity index (χ0n) is 21.3. The summed E-state index contributed by atoms with van der Waals surface area (Å²) in [5.74, 6) is -3.56. The van der Waals surface area contributed by atoms with Gasteiger partial charge in [0.1, 0.15) is 18.1 Å². The van der Waals surface area contributed by atoms with Gasteiger partial charge >= 0.3 is 0 Å². The van der Waals surface area contributed by atoms with Crippen LogP contribution in [0.5, 0.6) is 11.5 Å². The molecule has 3 N–H and O–H groups in total. The topological polar surface area (TPSA) is 95.3 Å². The number of aliphatic hydroxyl groups excluding tert-OH is 3. The number of aliphatic hydroxyl groups is 3. The van der Waals surface area contributed by atoms with Crippen LogP contribution >= 0.6 is 0 Å². The molecule has 1 aromatic heterocycles. The van der Waals surface area contributed by atoms with E-state index in [1.807, 2.05) is 6.07 Å². The van der Waals surface area contributed by atoms with Crippen molar-refractivity contribution in [3.63, 3.8) is 0 Å². The molecule has 1 fully saturated rings. The number of hydrogen-bond donors (Lipinski definition) is 3. The number of halogens is 3. The molecular formula is C28H33F3N2O5. The summed E-state index contributed by atoms with van der Waals surface area (Å²) in [6.45, 7) is 1.78. The van der Waals surface area contributed by atoms with Gasteiger partial charge in [0.15, 0.2) is 17.5 Å². The van der Waals surface area contributed by atoms with Gasteiger partial charge in [-0.05, 0) is 68.0 Å². The second-order valence-electron chi connectivity index (χ2n) is 9.84. The third-order valence-electron chi connectivity index (χ3n) is 7.54. The largest absolute Gasteiger partial charge is 0.497 e. The summed E-state index contributed by atoms with van der Waals surface area (Å²) in [5.41, 5.74) is 1.50. The molecule has 0 saturated carbocycles. The van der Waals surface area contributed by atoms with Gasteiger partial charge in [0, 0.05) is 42.4 Å². The fourth-order valence-corrected chi connectivity index (χ4v) is 5.11. The predicted molar refractivity (Wildman–Crippen MR) is 135 cm³/mol. The van der Waals surface area contributed by atoms with Crippen molar-refractivity contribution in [2.45, 2.75) is 38.4 Å². The SMILES string of the molecule is COc1ccc2ncc(CO)c([C@H](O)CCC3(CO)CCN(CCOc4cc(F)c(F)c(F)c4)CC3)c2c1. The number of hydrogen-bond acceptors (Lipinski definition) is 7. The normalized spacial score (nSPS) is 16.5. The van der Waals surface area contributed by atoms with Gasteiger partial charge in [-0.1, -0.05) is 0 Å². The van der Waals surface area contributed by atoms with E-state index in [0.29, 0.717) is 67.7 Å². The molecule has 4 rings (SSSR count). The van der Waals surface area contributed by atoms with E-state index in [-0.39, 0.29) is 31.0 Å². The molecule has 0 spiro atoms. The number of piperidine rings is 1. The van der Waals surface area contributed by atoms with Gasteiger partial charge in [0.05, 0.1) is 25.3 Å². The molecule has 1 saturated heterocycles. The first kappa shape index (κ1) is 28.1. The van der Waals surface area contributed by atoms with Crippen LogP contribution in [0.25, 0.3) is 10.9 Å². The Labute approximate surface area is 219 Å². The highest BCUT2D eigenvalue weighted by Crippen LogP contribution is 2.39. The number of pyridine rings is 1. The molecule has 3 aromatic rings. The Morgan fingerprint density at radius 3 is 2.39 bits per heavy atom. The summed E-state index contributed by atoms with van der Waals surface area (Å²) in [7, 11) is 1.56. The van der Waals surface area contributed by atoms with Gasteiger partial charge in [0.2, 0.25) is 0 Å². The number of benzene rings is 2. The van der Waals surface area contributed by atoms with E-state index in [1.54, 1.807) is 25.4 Å². The second kappa shape index (κ2) is 12.3. The average Bonchev–Trinajstić information content (AvgIpc) is 2.94. The molecule has 206 valence electrons. The maximum atomic E-state index is 13.4. The first-order valence-electron chi connectivity index (χ1n) is 12.6. The summed E-state index contributed by atoms with van der Waals surface area (Å²) < 4.78 is 50.6. The first-order valence-corrected chi connectivity index (χ1v) is 12.6. The van der Waals surface area contributed by atoms with Crippen molar-refractivity contribution in [3.05, 3.63) is 65.1 Å². The minimum atomic E-state index is -1.52. The number of ether oxygens (including phenoxy) is 2. The number of methoxy groups -OCH3 is 1. The van der Waals surface area contributed by atoms with Crippen molar-refractivity contribution in [2.75, 3.05) is 40.0 Å². The number of nitrogens with zero attached hydrogens (tertiary/aromatic N) is 2. The fourth-order valence-electron chi connectivity index (χ4n) is 5.11. The highest BCUT2D eigenvalue weighted by atomic mass is 19.2. The summed E-state index contributed by atoms with van der Waals surface area (Å²) in [5, 5.41) is 32.1. The number of rotatable bonds is 11. The van der Waals surface area contributed by atoms with Crippen molar-refractivity contribution in [3.8, 4) is 11.5 Å². The minimum Gasteiger partial charge on any atom is -0.497 e. The summed E-state index contributed by atoms with van der Waals surface area (Å²) >= 11 is 0. The molecule has 1 atom stereocenters. The Kier molecular flexibility index (Phi) is 9.09. The van der Waals surface area contributed by atoms with Crippen LogP contribution in [0.3, 0.4) is 0 Å². The standard InChI is InChI=1S/C28H33F3N2O5/c1-37-19-2-3-24-21(12-19)26(18(16-34)15-32-24)25(36)4-5-28(17-35)6-8-33(9-7-28)10-11-38-20-13-22(29)27(31)23(30)14-20/h2-3,12-15,25,34-36H,4-11,16-17H2,1H3/t25-/m1/s1. The quantitative estimate of drug-likeness (QED) is 0.319. The molecule has 0 bridgehead atoms. The zero-order valence-corrected chi connectivity index (χ0v) is 21.3. The van der Waals surface area contributed by atoms with Crippen LogP contribution < -0.4 is 9.47 Å². The van der Waals surface area contributed by atoms with Gasteiger partial charge in [0.25, 0.3) is 0 Å². The molecule has 38 heavy (non-hydrogen) atoms. The van der Waals surface area contributed by atoms with Crippen molar-refractivity contribution in [1.29, 1.82) is 0 Å². The third kappa shape index (κ3) is 6.20. The molecule has 0 radical (unpaired) electrons. The van der Waals surface area contributed by atoms with E-state index in [0.717, 1.165) is 17.5 Å². The summed E-state index contributed by atoms with van der Waals surface area (Å²) in [4.78, 5) is 6.51. The highest BCUT2D eigenvalue weighted by Gasteiger charge is 2.34. The predicted octanol–water partition coefficient (Wildman–Crippen LogP) is 4.12. The fraction of sp³-hybridized carbons (Fsp3) is 0.464. The lowest BCUT2D eigenvalue weighted by Gasteiger charge is -2.41. The molecule has 0 unspecified atom stereocenters. The molecule has 0 amide bonds. The lowest BCUT2D eigenvalue weighted by atomic mass is 9.74. The molecule has 2 aromatic carbocycles. The first-order chi connectivity index (χ1) is 18.3. The van der Waals surface area contributed by atoms with Crippen molar-refractivity contribution >= 4 is 10.9 Å². The molecule has 1 aliphatic rings. The van der Waals surface area contributed by atoms with Crippen molar-refractivity contribution in [1.82, 2.24) is 9.88 Å². The second-order valence-corrected chi connectivity index (χ2v) is 9.84. The maximum absolute atomic E-state index is 13.4. The third-order valence-corrected chi connectivity index (χ3v) is 7.54. The smallest absolute Gasteiger partial charge is 0.194 e. The van der Waals surface area contributed by atoms with Crippen LogP contribution in [0.2, 0.25) is 0 Å². The molecular weight excluding hydrogens is 501 g/mol. The van der Waals surface area contributed by atoms with Crippen LogP contribution in [-0.4, -0.2) is 65.2 Å². The van der Waals surface area contributed by atoms with E-state index in [1.165, 1.54) is 0 Å². The van der Waals surface area contributed by atoms with Crippen LogP contribution in [0.4, 0.5) is 13.2 Å². The van der Waals surface area contributed by atoms with Gasteiger partial charge in [-0.15, -0.1) is 0 Å². The van der Waals surface area contributed by atoms with E-state index in [2.05, 4.69) is 9.88 Å². The number of fused-ring (bicyclic) bond motifs is 1. The van der Waals surface area contributed by atoms with Crippen molar-refractivity contribution < 1.29 is 38.0 Å². The number of aromatic nitrogens is 1. The van der Waals surface area contributed by atoms with Gasteiger partial charge < -0.3 is 24.8 Å². The van der Waals surface area contributed by atoms with Crippen LogP contribution in [0, 0.1) is 22.9 Å². The van der Waals surface area contributed by atoms with E-state index >= 15 is 0 Å². The monoisotopic (exact) mass is 534 g/mol. The van der Waals surface area contributed by atoms with Crippen LogP contribution in [-0.2, 0) is 6.61 Å². The summed E-state index contributed by atoms with van der Waals surface area (Å²) in [6, 6.07) is 7.04. The van der Waals surface area contributed by atoms with Gasteiger partial charge in [-0.25, -0.2) is 13.2 Å². The van der Waals surface area contributed by atoms with Gasteiger partial charge in [-0.3, -0.25) is 9.88 Å². The zero-order chi connectivity index (χ0) is 27.3. The van der Waals surface area contributed by atoms with Crippen LogP contribution in [0.1, 0.15) is 42.9 Å². The molecule has 1 aliphatic heterocycles. The lowest BCUT2D eigenvalue weighted by molar-refractivity contribution is 0.0203. The Morgan fingerprint density at radius 1 is 1.05 bits per heavy atom. The maximum Gasteiger partial charge on any atom is 0.194 e. The van der Waals surface area contributed by atoms with Gasteiger partial charge in [-0.2, -0.15) is 0 Å². The van der Waals surface area contributed by atoms with Crippen molar-refractivity contribution in [2.24, 2.45) is 5.41 Å². The Hall–Kier alpha value is -2.92. The number of likely N-dealkylation sites (tertiary alicyclic amines) is 1. The Bertz CT molecular complexity index is 1220. The Balaban J connectivity index is 1.34. The van der Waals surface area contributed by atoms with Crippen LogP contribution in [0.15, 0.2) is 36.5 Å². The molecule has 10 heteroatoms. The van der Waals surface area contributed by atoms with E-state index in [4.69, 9.17) is 9.47 Å². The lowest BCUT2D eigenvalue weighted by Crippen LogP contribution is -2.43. The Morgan fingerprint density at radius 2 is 1.76 bits per heavy atom. The molecule has 7 nitrogen and oxygen atoms in total.